The van der Waals surface area contributed by atoms with Gasteiger partial charge in [-0.2, -0.15) is 0 Å². The summed E-state index contributed by atoms with van der Waals surface area (Å²) >= 11 is 5.98. The van der Waals surface area contributed by atoms with E-state index in [2.05, 4.69) is 5.32 Å². The SMILES string of the molecule is COc1ccc([C@@H](C(=O)NC2CCCCCC2)N(C(=O)CCl)C2CCCC2)cc1. The van der Waals surface area contributed by atoms with E-state index >= 15 is 0 Å². The minimum absolute atomic E-state index is 0.0632. The molecule has 2 amide bonds. The van der Waals surface area contributed by atoms with Crippen LogP contribution in [-0.2, 0) is 9.59 Å². The number of carbonyl (C=O) groups excluding carboxylic acids is 2. The summed E-state index contributed by atoms with van der Waals surface area (Å²) < 4.78 is 5.27. The first-order chi connectivity index (χ1) is 14.1. The molecule has 0 aromatic heterocycles. The average Bonchev–Trinajstić information content (AvgIpc) is 3.15. The highest BCUT2D eigenvalue weighted by atomic mass is 35.5. The molecular weight excluding hydrogens is 388 g/mol. The second kappa shape index (κ2) is 10.9. The van der Waals surface area contributed by atoms with Crippen molar-refractivity contribution in [2.75, 3.05) is 13.0 Å². The zero-order chi connectivity index (χ0) is 20.6. The maximum absolute atomic E-state index is 13.5. The molecule has 29 heavy (non-hydrogen) atoms. The first kappa shape index (κ1) is 21.9. The number of nitrogens with zero attached hydrogens (tertiary/aromatic N) is 1. The minimum atomic E-state index is -0.654. The topological polar surface area (TPSA) is 58.6 Å². The third kappa shape index (κ3) is 5.65. The molecule has 2 saturated carbocycles. The highest BCUT2D eigenvalue weighted by Gasteiger charge is 2.37. The van der Waals surface area contributed by atoms with Crippen molar-refractivity contribution in [3.8, 4) is 5.75 Å². The molecule has 6 heteroatoms. The normalized spacial score (nSPS) is 19.4. The number of methoxy groups -OCH3 is 1. The molecule has 5 nitrogen and oxygen atoms in total. The number of hydrogen-bond acceptors (Lipinski definition) is 3. The molecule has 0 unspecified atom stereocenters. The zero-order valence-electron chi connectivity index (χ0n) is 17.4. The third-order valence-electron chi connectivity index (χ3n) is 6.28. The fraction of sp³-hybridized carbons (Fsp3) is 0.652. The van der Waals surface area contributed by atoms with Crippen molar-refractivity contribution >= 4 is 23.4 Å². The van der Waals surface area contributed by atoms with E-state index in [1.54, 1.807) is 12.0 Å². The van der Waals surface area contributed by atoms with Gasteiger partial charge in [-0.25, -0.2) is 0 Å². The lowest BCUT2D eigenvalue weighted by Gasteiger charge is -2.36. The molecule has 0 spiro atoms. The molecule has 2 aliphatic carbocycles. The summed E-state index contributed by atoms with van der Waals surface area (Å²) in [6.45, 7) is 0. The van der Waals surface area contributed by atoms with E-state index in [-0.39, 0.29) is 29.8 Å². The number of benzene rings is 1. The summed E-state index contributed by atoms with van der Waals surface area (Å²) in [5.74, 6) is 0.357. The number of rotatable bonds is 7. The van der Waals surface area contributed by atoms with Crippen LogP contribution in [0.5, 0.6) is 5.75 Å². The molecule has 0 bridgehead atoms. The summed E-state index contributed by atoms with van der Waals surface area (Å²) in [5.41, 5.74) is 0.808. The minimum Gasteiger partial charge on any atom is -0.497 e. The highest BCUT2D eigenvalue weighted by Crippen LogP contribution is 2.33. The number of hydrogen-bond donors (Lipinski definition) is 1. The van der Waals surface area contributed by atoms with Gasteiger partial charge in [0, 0.05) is 12.1 Å². The quantitative estimate of drug-likeness (QED) is 0.518. The van der Waals surface area contributed by atoms with Gasteiger partial charge in [0.25, 0.3) is 0 Å². The van der Waals surface area contributed by atoms with Gasteiger partial charge in [-0.05, 0) is 43.4 Å². The van der Waals surface area contributed by atoms with Crippen LogP contribution in [0.1, 0.15) is 75.8 Å². The number of halogens is 1. The standard InChI is InChI=1S/C23H33ClN2O3/c1-29-20-14-12-17(13-15-20)22(23(28)25-18-8-4-2-3-5-9-18)26(21(27)16-24)19-10-6-7-11-19/h12-15,18-19,22H,2-11,16H2,1H3,(H,25,28)/t22-/m0/s1. The van der Waals surface area contributed by atoms with Crippen molar-refractivity contribution in [1.82, 2.24) is 10.2 Å². The number of nitrogens with one attached hydrogen (secondary N) is 1. The van der Waals surface area contributed by atoms with Gasteiger partial charge < -0.3 is 15.0 Å². The second-order valence-corrected chi connectivity index (χ2v) is 8.51. The molecule has 160 valence electrons. The molecule has 0 radical (unpaired) electrons. The Bertz CT molecular complexity index is 665. The molecule has 0 aliphatic heterocycles. The van der Waals surface area contributed by atoms with Crippen LogP contribution in [0.25, 0.3) is 0 Å². The van der Waals surface area contributed by atoms with Gasteiger partial charge in [0.05, 0.1) is 7.11 Å². The lowest BCUT2D eigenvalue weighted by atomic mass is 9.99. The first-order valence-corrected chi connectivity index (χ1v) is 11.5. The average molecular weight is 421 g/mol. The third-order valence-corrected chi connectivity index (χ3v) is 6.51. The summed E-state index contributed by atoms with van der Waals surface area (Å²) in [7, 11) is 1.62. The summed E-state index contributed by atoms with van der Waals surface area (Å²) in [5, 5.41) is 3.26. The lowest BCUT2D eigenvalue weighted by Crippen LogP contribution is -2.50. The molecule has 2 aliphatic rings. The molecule has 0 heterocycles. The molecular formula is C23H33ClN2O3. The fourth-order valence-electron chi connectivity index (χ4n) is 4.74. The van der Waals surface area contributed by atoms with E-state index < -0.39 is 6.04 Å². The first-order valence-electron chi connectivity index (χ1n) is 11.0. The van der Waals surface area contributed by atoms with Crippen LogP contribution in [0.4, 0.5) is 0 Å². The maximum Gasteiger partial charge on any atom is 0.247 e. The Balaban J connectivity index is 1.90. The van der Waals surface area contributed by atoms with Crippen molar-refractivity contribution in [3.05, 3.63) is 29.8 Å². The smallest absolute Gasteiger partial charge is 0.247 e. The Morgan fingerprint density at radius 1 is 1.03 bits per heavy atom. The highest BCUT2D eigenvalue weighted by molar-refractivity contribution is 6.27. The van der Waals surface area contributed by atoms with Crippen molar-refractivity contribution < 1.29 is 14.3 Å². The molecule has 3 rings (SSSR count). The van der Waals surface area contributed by atoms with Crippen molar-refractivity contribution in [2.24, 2.45) is 0 Å². The van der Waals surface area contributed by atoms with Gasteiger partial charge in [0.15, 0.2) is 0 Å². The van der Waals surface area contributed by atoms with Gasteiger partial charge >= 0.3 is 0 Å². The maximum atomic E-state index is 13.5. The number of carbonyl (C=O) groups is 2. The molecule has 0 saturated heterocycles. The number of alkyl halides is 1. The number of ether oxygens (including phenoxy) is 1. The Morgan fingerprint density at radius 3 is 2.17 bits per heavy atom. The van der Waals surface area contributed by atoms with Crippen LogP contribution in [0, 0.1) is 0 Å². The zero-order valence-corrected chi connectivity index (χ0v) is 18.1. The summed E-state index contributed by atoms with van der Waals surface area (Å²) in [6.07, 6.45) is 10.8. The van der Waals surface area contributed by atoms with E-state index in [0.717, 1.165) is 62.7 Å². The van der Waals surface area contributed by atoms with Gasteiger partial charge in [-0.3, -0.25) is 9.59 Å². The molecule has 1 aromatic carbocycles. The van der Waals surface area contributed by atoms with E-state index in [1.807, 2.05) is 24.3 Å². The van der Waals surface area contributed by atoms with Crippen LogP contribution < -0.4 is 10.1 Å². The van der Waals surface area contributed by atoms with E-state index in [1.165, 1.54) is 12.8 Å². The van der Waals surface area contributed by atoms with Crippen molar-refractivity contribution in [1.29, 1.82) is 0 Å². The van der Waals surface area contributed by atoms with Crippen LogP contribution in [0.2, 0.25) is 0 Å². The van der Waals surface area contributed by atoms with Crippen LogP contribution in [-0.4, -0.2) is 41.8 Å². The van der Waals surface area contributed by atoms with Gasteiger partial charge in [0.1, 0.15) is 17.7 Å². The predicted molar refractivity (Wildman–Crippen MR) is 115 cm³/mol. The second-order valence-electron chi connectivity index (χ2n) is 8.25. The van der Waals surface area contributed by atoms with E-state index in [9.17, 15) is 9.59 Å². The van der Waals surface area contributed by atoms with Gasteiger partial charge in [-0.15, -0.1) is 11.6 Å². The Labute approximate surface area is 179 Å². The predicted octanol–water partition coefficient (Wildman–Crippen LogP) is 4.59. The van der Waals surface area contributed by atoms with Crippen molar-refractivity contribution in [3.63, 3.8) is 0 Å². The lowest BCUT2D eigenvalue weighted by molar-refractivity contribution is -0.142. The Hall–Kier alpha value is -1.75. The summed E-state index contributed by atoms with van der Waals surface area (Å²) in [4.78, 5) is 28.2. The van der Waals surface area contributed by atoms with Crippen LogP contribution in [0.15, 0.2) is 24.3 Å². The molecule has 2 fully saturated rings. The van der Waals surface area contributed by atoms with E-state index in [4.69, 9.17) is 16.3 Å². The number of amides is 2. The van der Waals surface area contributed by atoms with Gasteiger partial charge in [0.2, 0.25) is 11.8 Å². The summed E-state index contributed by atoms with van der Waals surface area (Å²) in [6, 6.07) is 7.06. The van der Waals surface area contributed by atoms with Crippen molar-refractivity contribution in [2.45, 2.75) is 82.3 Å². The Kier molecular flexibility index (Phi) is 8.22. The Morgan fingerprint density at radius 2 is 1.62 bits per heavy atom. The van der Waals surface area contributed by atoms with Gasteiger partial charge in [-0.1, -0.05) is 50.7 Å². The van der Waals surface area contributed by atoms with Crippen LogP contribution in [0.3, 0.4) is 0 Å². The van der Waals surface area contributed by atoms with E-state index in [0.29, 0.717) is 0 Å². The molecule has 1 aromatic rings. The largest absolute Gasteiger partial charge is 0.497 e. The fourth-order valence-corrected chi connectivity index (χ4v) is 4.88. The molecule has 1 atom stereocenters. The molecule has 1 N–H and O–H groups in total. The van der Waals surface area contributed by atoms with Crippen LogP contribution >= 0.6 is 11.6 Å². The monoisotopic (exact) mass is 420 g/mol.